The topological polar surface area (TPSA) is 57.4 Å². The summed E-state index contributed by atoms with van der Waals surface area (Å²) >= 11 is 1.63. The zero-order valence-electron chi connectivity index (χ0n) is 10.5. The molecule has 0 bridgehead atoms. The number of anilines is 1. The molecular formula is C11H21N5S. The molecule has 1 aromatic rings. The third kappa shape index (κ3) is 3.38. The Bertz CT molecular complexity index is 345. The van der Waals surface area contributed by atoms with E-state index in [-0.39, 0.29) is 0 Å². The van der Waals surface area contributed by atoms with Crippen LogP contribution in [-0.4, -0.2) is 48.0 Å². The van der Waals surface area contributed by atoms with Gasteiger partial charge in [0.05, 0.1) is 0 Å². The van der Waals surface area contributed by atoms with E-state index in [1.54, 1.807) is 11.3 Å². The number of rotatable bonds is 4. The van der Waals surface area contributed by atoms with Gasteiger partial charge in [0.1, 0.15) is 0 Å². The Morgan fingerprint density at radius 1 is 1.59 bits per heavy atom. The van der Waals surface area contributed by atoms with Crippen molar-refractivity contribution in [2.24, 2.45) is 5.84 Å². The van der Waals surface area contributed by atoms with E-state index in [0.717, 1.165) is 11.7 Å². The van der Waals surface area contributed by atoms with Crippen molar-refractivity contribution < 1.29 is 0 Å². The maximum atomic E-state index is 5.33. The van der Waals surface area contributed by atoms with Gasteiger partial charge < -0.3 is 4.90 Å². The second kappa shape index (κ2) is 5.77. The van der Waals surface area contributed by atoms with Crippen molar-refractivity contribution in [2.75, 3.05) is 32.6 Å². The molecule has 2 rings (SSSR count). The Hall–Kier alpha value is -0.690. The molecule has 1 saturated heterocycles. The third-order valence-corrected chi connectivity index (χ3v) is 4.31. The Morgan fingerprint density at radius 3 is 2.88 bits per heavy atom. The van der Waals surface area contributed by atoms with Crippen LogP contribution >= 0.6 is 11.3 Å². The summed E-state index contributed by atoms with van der Waals surface area (Å²) in [6.07, 6.45) is 4.42. The number of hydrogen-bond donors (Lipinski definition) is 2. The molecule has 0 spiro atoms. The molecule has 96 valence electrons. The fourth-order valence-corrected chi connectivity index (χ4v) is 3.04. The predicted molar refractivity (Wildman–Crippen MR) is 71.9 cm³/mol. The van der Waals surface area contributed by atoms with Crippen LogP contribution in [0.5, 0.6) is 0 Å². The first kappa shape index (κ1) is 12.8. The molecule has 1 aromatic heterocycles. The molecule has 5 nitrogen and oxygen atoms in total. The van der Waals surface area contributed by atoms with Gasteiger partial charge in [-0.15, -0.1) is 0 Å². The maximum absolute atomic E-state index is 5.33. The van der Waals surface area contributed by atoms with E-state index in [1.807, 2.05) is 6.20 Å². The number of nitrogen functional groups attached to an aromatic ring is 1. The van der Waals surface area contributed by atoms with Crippen LogP contribution in [0.3, 0.4) is 0 Å². The lowest BCUT2D eigenvalue weighted by Crippen LogP contribution is -2.41. The molecular weight excluding hydrogens is 234 g/mol. The molecule has 3 N–H and O–H groups in total. The summed E-state index contributed by atoms with van der Waals surface area (Å²) in [7, 11) is 4.39. The highest BCUT2D eigenvalue weighted by molar-refractivity contribution is 7.15. The summed E-state index contributed by atoms with van der Waals surface area (Å²) in [6, 6.07) is 0.697. The standard InChI is InChI=1S/C11H21N5S/c1-15-5-3-9(4-6-15)16(2)8-10-7-13-11(14-12)17-10/h7,9H,3-6,8,12H2,1-2H3,(H,13,14). The van der Waals surface area contributed by atoms with Crippen molar-refractivity contribution in [1.29, 1.82) is 0 Å². The van der Waals surface area contributed by atoms with Crippen LogP contribution in [0.15, 0.2) is 6.20 Å². The van der Waals surface area contributed by atoms with Gasteiger partial charge in [-0.3, -0.25) is 10.3 Å². The van der Waals surface area contributed by atoms with Crippen LogP contribution in [0.1, 0.15) is 17.7 Å². The van der Waals surface area contributed by atoms with Crippen LogP contribution in [0.25, 0.3) is 0 Å². The fourth-order valence-electron chi connectivity index (χ4n) is 2.26. The van der Waals surface area contributed by atoms with E-state index in [4.69, 9.17) is 5.84 Å². The number of piperidine rings is 1. The van der Waals surface area contributed by atoms with Crippen LogP contribution in [0, 0.1) is 0 Å². The summed E-state index contributed by atoms with van der Waals surface area (Å²) in [4.78, 5) is 10.3. The molecule has 0 saturated carbocycles. The van der Waals surface area contributed by atoms with E-state index < -0.39 is 0 Å². The first-order valence-corrected chi connectivity index (χ1v) is 6.81. The molecule has 0 amide bonds. The van der Waals surface area contributed by atoms with Crippen molar-refractivity contribution in [3.63, 3.8) is 0 Å². The van der Waals surface area contributed by atoms with Gasteiger partial charge in [0.15, 0.2) is 5.13 Å². The first-order valence-electron chi connectivity index (χ1n) is 5.99. The zero-order chi connectivity index (χ0) is 12.3. The van der Waals surface area contributed by atoms with Gasteiger partial charge in [-0.05, 0) is 40.0 Å². The van der Waals surface area contributed by atoms with E-state index in [2.05, 4.69) is 34.3 Å². The molecule has 1 aliphatic heterocycles. The van der Waals surface area contributed by atoms with Gasteiger partial charge in [-0.1, -0.05) is 11.3 Å². The molecule has 1 aliphatic rings. The molecule has 0 atom stereocenters. The number of likely N-dealkylation sites (tertiary alicyclic amines) is 1. The van der Waals surface area contributed by atoms with Crippen molar-refractivity contribution in [3.05, 3.63) is 11.1 Å². The highest BCUT2D eigenvalue weighted by Gasteiger charge is 2.20. The maximum Gasteiger partial charge on any atom is 0.197 e. The number of hydrazine groups is 1. The van der Waals surface area contributed by atoms with Gasteiger partial charge in [-0.25, -0.2) is 10.8 Å². The summed E-state index contributed by atoms with van der Waals surface area (Å²) in [5.74, 6) is 5.33. The molecule has 17 heavy (non-hydrogen) atoms. The van der Waals surface area contributed by atoms with Gasteiger partial charge in [-0.2, -0.15) is 0 Å². The minimum atomic E-state index is 0.697. The average molecular weight is 255 g/mol. The fraction of sp³-hybridized carbons (Fsp3) is 0.727. The summed E-state index contributed by atoms with van der Waals surface area (Å²) < 4.78 is 0. The van der Waals surface area contributed by atoms with E-state index >= 15 is 0 Å². The van der Waals surface area contributed by atoms with E-state index in [1.165, 1.54) is 30.8 Å². The minimum absolute atomic E-state index is 0.697. The molecule has 0 aliphatic carbocycles. The third-order valence-electron chi connectivity index (χ3n) is 3.39. The SMILES string of the molecule is CN1CCC(N(C)Cc2cnc(NN)s2)CC1. The largest absolute Gasteiger partial charge is 0.306 e. The molecule has 0 aromatic carbocycles. The number of nitrogens with zero attached hydrogens (tertiary/aromatic N) is 3. The highest BCUT2D eigenvalue weighted by atomic mass is 32.1. The number of aromatic nitrogens is 1. The second-order valence-corrected chi connectivity index (χ2v) is 5.84. The van der Waals surface area contributed by atoms with Crippen molar-refractivity contribution in [1.82, 2.24) is 14.8 Å². The van der Waals surface area contributed by atoms with Crippen LogP contribution in [0.2, 0.25) is 0 Å². The van der Waals surface area contributed by atoms with Gasteiger partial charge in [0.25, 0.3) is 0 Å². The van der Waals surface area contributed by atoms with Crippen LogP contribution in [0.4, 0.5) is 5.13 Å². The number of thiazole rings is 1. The van der Waals surface area contributed by atoms with E-state index in [9.17, 15) is 0 Å². The number of nitrogens with one attached hydrogen (secondary N) is 1. The smallest absolute Gasteiger partial charge is 0.197 e. The number of hydrogen-bond acceptors (Lipinski definition) is 6. The lowest BCUT2D eigenvalue weighted by atomic mass is 10.0. The Morgan fingerprint density at radius 2 is 2.29 bits per heavy atom. The highest BCUT2D eigenvalue weighted by Crippen LogP contribution is 2.21. The van der Waals surface area contributed by atoms with Gasteiger partial charge in [0, 0.05) is 23.7 Å². The first-order chi connectivity index (χ1) is 8.19. The van der Waals surface area contributed by atoms with Crippen molar-refractivity contribution in [3.8, 4) is 0 Å². The predicted octanol–water partition coefficient (Wildman–Crippen LogP) is 0.955. The van der Waals surface area contributed by atoms with Gasteiger partial charge in [0.2, 0.25) is 0 Å². The molecule has 6 heteroatoms. The Labute approximate surface area is 107 Å². The molecule has 0 radical (unpaired) electrons. The summed E-state index contributed by atoms with van der Waals surface area (Å²) in [6.45, 7) is 3.37. The van der Waals surface area contributed by atoms with Gasteiger partial charge >= 0.3 is 0 Å². The van der Waals surface area contributed by atoms with Crippen molar-refractivity contribution >= 4 is 16.5 Å². The van der Waals surface area contributed by atoms with E-state index in [0.29, 0.717) is 6.04 Å². The molecule has 0 unspecified atom stereocenters. The Kier molecular flexibility index (Phi) is 4.33. The van der Waals surface area contributed by atoms with Crippen LogP contribution in [-0.2, 0) is 6.54 Å². The quantitative estimate of drug-likeness (QED) is 0.620. The lowest BCUT2D eigenvalue weighted by Gasteiger charge is -2.34. The molecule has 1 fully saturated rings. The monoisotopic (exact) mass is 255 g/mol. The van der Waals surface area contributed by atoms with Crippen LogP contribution < -0.4 is 11.3 Å². The summed E-state index contributed by atoms with van der Waals surface area (Å²) in [5.41, 5.74) is 2.59. The minimum Gasteiger partial charge on any atom is -0.306 e. The normalized spacial score (nSPS) is 18.8. The number of nitrogens with two attached hydrogens (primary N) is 1. The zero-order valence-corrected chi connectivity index (χ0v) is 11.3. The molecule has 2 heterocycles. The summed E-state index contributed by atoms with van der Waals surface area (Å²) in [5, 5.41) is 0.789. The lowest BCUT2D eigenvalue weighted by molar-refractivity contribution is 0.140. The second-order valence-electron chi connectivity index (χ2n) is 4.73. The van der Waals surface area contributed by atoms with Crippen molar-refractivity contribution in [2.45, 2.75) is 25.4 Å². The Balaban J connectivity index is 1.85. The average Bonchev–Trinajstić information content (AvgIpc) is 2.77.